The monoisotopic (exact) mass is 756 g/mol. The van der Waals surface area contributed by atoms with Crippen LogP contribution in [0.4, 0.5) is 5.69 Å². The maximum atomic E-state index is 15.3. The Balaban J connectivity index is 1.25. The van der Waals surface area contributed by atoms with E-state index in [9.17, 15) is 18.5 Å². The van der Waals surface area contributed by atoms with E-state index >= 15 is 4.79 Å². The van der Waals surface area contributed by atoms with Gasteiger partial charge in [0.15, 0.2) is 5.54 Å². The van der Waals surface area contributed by atoms with E-state index in [1.807, 2.05) is 0 Å². The summed E-state index contributed by atoms with van der Waals surface area (Å²) in [6.07, 6.45) is 9.16. The highest BCUT2D eigenvalue weighted by Crippen LogP contribution is 2.51. The van der Waals surface area contributed by atoms with Crippen LogP contribution in [0.25, 0.3) is 0 Å². The molecule has 1 saturated carbocycles. The second-order valence-electron chi connectivity index (χ2n) is 14.8. The number of nitrogens with one attached hydrogen (secondary N) is 2. The minimum absolute atomic E-state index is 0.00780. The number of amides is 2. The molecule has 2 amide bonds. The highest BCUT2D eigenvalue weighted by atomic mass is 32.2. The normalized spacial score (nSPS) is 22.0. The zero-order valence-electron chi connectivity index (χ0n) is 31.1. The Morgan fingerprint density at radius 2 is 1.74 bits per heavy atom. The van der Waals surface area contributed by atoms with Gasteiger partial charge in [-0.2, -0.15) is 9.57 Å². The number of nitriles is 1. The fraction of sp³-hybridized carbons (Fsp3) is 0.500. The molecule has 0 unspecified atom stereocenters. The highest BCUT2D eigenvalue weighted by molar-refractivity contribution is 7.93. The third-order valence-electron chi connectivity index (χ3n) is 12.0. The number of methoxy groups -OCH3 is 2. The lowest BCUT2D eigenvalue weighted by Gasteiger charge is -2.48. The van der Waals surface area contributed by atoms with Crippen LogP contribution in [0.1, 0.15) is 75.0 Å². The Morgan fingerprint density at radius 3 is 2.41 bits per heavy atom. The lowest BCUT2D eigenvalue weighted by molar-refractivity contribution is -0.133. The van der Waals surface area contributed by atoms with Crippen LogP contribution >= 0.6 is 0 Å². The molecule has 13 nitrogen and oxygen atoms in total. The molecule has 1 aromatic heterocycles. The van der Waals surface area contributed by atoms with Gasteiger partial charge in [-0.3, -0.25) is 9.59 Å². The van der Waals surface area contributed by atoms with Crippen molar-refractivity contribution in [2.75, 3.05) is 51.3 Å². The van der Waals surface area contributed by atoms with Crippen molar-refractivity contribution in [1.82, 2.24) is 20.5 Å². The van der Waals surface area contributed by atoms with Crippen molar-refractivity contribution >= 4 is 27.5 Å². The van der Waals surface area contributed by atoms with Crippen molar-refractivity contribution in [3.05, 3.63) is 71.4 Å². The van der Waals surface area contributed by atoms with Gasteiger partial charge < -0.3 is 29.7 Å². The van der Waals surface area contributed by atoms with E-state index in [-0.39, 0.29) is 56.8 Å². The predicted molar refractivity (Wildman–Crippen MR) is 201 cm³/mol. The van der Waals surface area contributed by atoms with Crippen molar-refractivity contribution in [1.29, 1.82) is 5.26 Å². The second-order valence-corrected chi connectivity index (χ2v) is 16.5. The Kier molecular flexibility index (Phi) is 10.6. The van der Waals surface area contributed by atoms with Crippen molar-refractivity contribution < 1.29 is 32.2 Å². The van der Waals surface area contributed by atoms with Gasteiger partial charge in [0, 0.05) is 29.8 Å². The number of pyridine rings is 1. The summed E-state index contributed by atoms with van der Waals surface area (Å²) in [6.45, 7) is 6.24. The summed E-state index contributed by atoms with van der Waals surface area (Å²) >= 11 is 0. The number of rotatable bonds is 10. The largest absolute Gasteiger partial charge is 0.497 e. The van der Waals surface area contributed by atoms with Crippen molar-refractivity contribution in [3.8, 4) is 23.4 Å². The Hall–Kier alpha value is -4.71. The molecule has 0 bridgehead atoms. The minimum Gasteiger partial charge on any atom is -0.497 e. The van der Waals surface area contributed by atoms with Gasteiger partial charge in [-0.25, -0.2) is 13.4 Å². The Bertz CT molecular complexity index is 2050. The molecule has 14 heteroatoms. The summed E-state index contributed by atoms with van der Waals surface area (Å²) in [7, 11) is -1.91. The number of piperidine rings is 2. The number of sulfonamides is 1. The summed E-state index contributed by atoms with van der Waals surface area (Å²) in [5, 5.41) is 16.6. The van der Waals surface area contributed by atoms with Crippen molar-refractivity contribution in [2.24, 2.45) is 11.3 Å². The van der Waals surface area contributed by atoms with Gasteiger partial charge in [-0.1, -0.05) is 0 Å². The zero-order valence-corrected chi connectivity index (χ0v) is 31.9. The summed E-state index contributed by atoms with van der Waals surface area (Å²) in [5.41, 5.74) is -1.45. The van der Waals surface area contributed by atoms with Gasteiger partial charge in [0.1, 0.15) is 16.4 Å². The number of fused-ring (bicyclic) bond motifs is 1. The predicted octanol–water partition coefficient (Wildman–Crippen LogP) is 4.49. The molecule has 2 N–H and O–H groups in total. The molecule has 3 aromatic rings. The molecule has 1 spiro atoms. The molecule has 4 aliphatic rings. The quantitative estimate of drug-likeness (QED) is 0.300. The first kappa shape index (κ1) is 37.6. The SMILES string of the molecule is CCOc1ncccc1[C@@]1(NC(=O)C2CCC3(CC2)CCN(C2CCNCC2)CC3)C(=O)N(S(=O)(=O)c2ccc(OC)cc2OC)c2ccc(C#N)cc21. The number of ether oxygens (including phenoxy) is 3. The zero-order chi connectivity index (χ0) is 38.1. The Labute approximate surface area is 317 Å². The summed E-state index contributed by atoms with van der Waals surface area (Å²) in [6, 6.07) is 14.5. The summed E-state index contributed by atoms with van der Waals surface area (Å²) in [4.78, 5) is 36.7. The highest BCUT2D eigenvalue weighted by Gasteiger charge is 2.59. The minimum atomic E-state index is -4.68. The van der Waals surface area contributed by atoms with Crippen LogP contribution in [0.5, 0.6) is 17.4 Å². The van der Waals surface area contributed by atoms with Gasteiger partial charge in [0.2, 0.25) is 11.8 Å². The van der Waals surface area contributed by atoms with E-state index < -0.39 is 27.4 Å². The van der Waals surface area contributed by atoms with E-state index in [1.165, 1.54) is 69.7 Å². The average molecular weight is 757 g/mol. The van der Waals surface area contributed by atoms with E-state index in [2.05, 4.69) is 26.6 Å². The van der Waals surface area contributed by atoms with E-state index in [1.54, 1.807) is 19.1 Å². The smallest absolute Gasteiger partial charge is 0.276 e. The third-order valence-corrected chi connectivity index (χ3v) is 13.7. The molecular formula is C40H48N6O7S. The maximum absolute atomic E-state index is 15.3. The molecule has 4 heterocycles. The number of benzene rings is 2. The topological polar surface area (TPSA) is 163 Å². The lowest BCUT2D eigenvalue weighted by Crippen LogP contribution is -2.56. The van der Waals surface area contributed by atoms with Crippen LogP contribution in [0, 0.1) is 22.7 Å². The molecule has 3 aliphatic heterocycles. The number of hydrogen-bond acceptors (Lipinski definition) is 11. The molecule has 286 valence electrons. The van der Waals surface area contributed by atoms with Crippen LogP contribution in [-0.4, -0.2) is 83.2 Å². The second kappa shape index (κ2) is 15.2. The van der Waals surface area contributed by atoms with Crippen LogP contribution in [0.2, 0.25) is 0 Å². The molecule has 54 heavy (non-hydrogen) atoms. The standard InChI is InChI=1S/C40H48N6O7S/c1-4-53-37-31(6-5-19-43-37)40(44-36(47)28-11-15-39(16-12-28)17-22-45(23-18-39)29-13-20-42-21-14-29)32-24-27(26-41)7-9-33(32)46(38(40)48)54(49,50)35-10-8-30(51-2)25-34(35)52-3/h5-10,19,24-25,28-29,42H,4,11-18,20-23H2,1-3H3,(H,44,47)/t40-/m0/s1. The van der Waals surface area contributed by atoms with Gasteiger partial charge in [-0.05, 0) is 132 Å². The van der Waals surface area contributed by atoms with Gasteiger partial charge in [0.05, 0.1) is 43.7 Å². The third kappa shape index (κ3) is 6.56. The molecule has 3 fully saturated rings. The number of hydrogen-bond donors (Lipinski definition) is 2. The number of nitrogens with zero attached hydrogens (tertiary/aromatic N) is 4. The van der Waals surface area contributed by atoms with E-state index in [0.717, 1.165) is 51.9 Å². The van der Waals surface area contributed by atoms with Gasteiger partial charge in [0.25, 0.3) is 15.9 Å². The first-order valence-electron chi connectivity index (χ1n) is 18.8. The fourth-order valence-corrected chi connectivity index (χ4v) is 10.6. The molecule has 2 saturated heterocycles. The van der Waals surface area contributed by atoms with Gasteiger partial charge >= 0.3 is 0 Å². The molecule has 1 atom stereocenters. The van der Waals surface area contributed by atoms with Crippen LogP contribution in [0.3, 0.4) is 0 Å². The molecule has 2 aromatic carbocycles. The van der Waals surface area contributed by atoms with Crippen molar-refractivity contribution in [2.45, 2.75) is 74.8 Å². The van der Waals surface area contributed by atoms with Crippen molar-refractivity contribution in [3.63, 3.8) is 0 Å². The molecule has 0 radical (unpaired) electrons. The first-order chi connectivity index (χ1) is 26.1. The molecule has 1 aliphatic carbocycles. The first-order valence-corrected chi connectivity index (χ1v) is 20.3. The molecular weight excluding hydrogens is 709 g/mol. The lowest BCUT2D eigenvalue weighted by atomic mass is 9.65. The maximum Gasteiger partial charge on any atom is 0.276 e. The Morgan fingerprint density at radius 1 is 1.00 bits per heavy atom. The number of carbonyl (C=O) groups excluding carboxylic acids is 2. The number of anilines is 1. The van der Waals surface area contributed by atoms with Crippen LogP contribution in [-0.2, 0) is 25.2 Å². The number of likely N-dealkylation sites (tertiary alicyclic amines) is 1. The van der Waals surface area contributed by atoms with E-state index in [4.69, 9.17) is 14.2 Å². The fourth-order valence-electron chi connectivity index (χ4n) is 8.98. The van der Waals surface area contributed by atoms with E-state index in [0.29, 0.717) is 28.9 Å². The summed E-state index contributed by atoms with van der Waals surface area (Å²) < 4.78 is 46.8. The average Bonchev–Trinajstić information content (AvgIpc) is 3.45. The molecule has 7 rings (SSSR count). The van der Waals surface area contributed by atoms with Crippen LogP contribution < -0.4 is 29.1 Å². The van der Waals surface area contributed by atoms with Gasteiger partial charge in [-0.15, -0.1) is 0 Å². The summed E-state index contributed by atoms with van der Waals surface area (Å²) in [5.74, 6) is -1.35. The number of aromatic nitrogens is 1. The number of carbonyl (C=O) groups is 2. The van der Waals surface area contributed by atoms with Crippen LogP contribution in [0.15, 0.2) is 59.6 Å².